The zero-order chi connectivity index (χ0) is 21.3. The number of rotatable bonds is 5. The number of nitrogens with zero attached hydrogens (tertiary/aromatic N) is 3. The van der Waals surface area contributed by atoms with E-state index in [9.17, 15) is 9.59 Å². The van der Waals surface area contributed by atoms with Crippen molar-refractivity contribution in [2.75, 3.05) is 19.4 Å². The van der Waals surface area contributed by atoms with E-state index in [0.29, 0.717) is 25.2 Å². The summed E-state index contributed by atoms with van der Waals surface area (Å²) < 4.78 is 8.06. The molecule has 1 fully saturated rings. The summed E-state index contributed by atoms with van der Waals surface area (Å²) in [7, 11) is 1.60. The van der Waals surface area contributed by atoms with E-state index in [1.807, 2.05) is 29.2 Å². The molecule has 158 valence electrons. The summed E-state index contributed by atoms with van der Waals surface area (Å²) in [5.74, 6) is 1.00. The van der Waals surface area contributed by atoms with Gasteiger partial charge in [-0.3, -0.25) is 14.2 Å². The van der Waals surface area contributed by atoms with Crippen LogP contribution in [0.15, 0.2) is 34.2 Å². The first kappa shape index (κ1) is 21.1. The molecule has 7 nitrogen and oxygen atoms in total. The number of piperidine rings is 1. The topological polar surface area (TPSA) is 80.2 Å². The third-order valence-corrected chi connectivity index (χ3v) is 7.41. The zero-order valence-electron chi connectivity index (χ0n) is 16.7. The molecule has 1 saturated heterocycles. The van der Waals surface area contributed by atoms with Crippen LogP contribution in [0.25, 0.3) is 16.0 Å². The first-order valence-corrected chi connectivity index (χ1v) is 11.9. The molecule has 4 rings (SSSR count). The molecular formula is C20H22N4O3S3. The smallest absolute Gasteiger partial charge is 0.271 e. The van der Waals surface area contributed by atoms with E-state index in [4.69, 9.17) is 17.0 Å². The molecular weight excluding hydrogens is 440 g/mol. The van der Waals surface area contributed by atoms with E-state index in [1.165, 1.54) is 23.1 Å². The molecule has 1 aliphatic rings. The SMILES string of the molecule is COc1cccc(-n2c(=S)sc3c(=O)[nH]c(SCC(=O)N4CCCC[C@@H]4C)nc32)c1. The number of likely N-dealkylation sites (tertiary alicyclic amines) is 1. The van der Waals surface area contributed by atoms with Gasteiger partial charge in [-0.1, -0.05) is 29.2 Å². The number of carbonyl (C=O) groups excluding carboxylic acids is 1. The predicted molar refractivity (Wildman–Crippen MR) is 123 cm³/mol. The van der Waals surface area contributed by atoms with Gasteiger partial charge in [0.2, 0.25) is 5.91 Å². The van der Waals surface area contributed by atoms with E-state index < -0.39 is 0 Å². The second kappa shape index (κ2) is 8.91. The van der Waals surface area contributed by atoms with Gasteiger partial charge in [0.05, 0.1) is 18.6 Å². The summed E-state index contributed by atoms with van der Waals surface area (Å²) >= 11 is 7.97. The number of ether oxygens (including phenoxy) is 1. The Hall–Kier alpha value is -2.17. The van der Waals surface area contributed by atoms with E-state index in [1.54, 1.807) is 11.7 Å². The van der Waals surface area contributed by atoms with Gasteiger partial charge in [-0.15, -0.1) is 0 Å². The third-order valence-electron chi connectivity index (χ3n) is 5.19. The normalized spacial score (nSPS) is 16.7. The van der Waals surface area contributed by atoms with Gasteiger partial charge in [-0.05, 0) is 50.5 Å². The molecule has 1 N–H and O–H groups in total. The Kier molecular flexibility index (Phi) is 6.26. The number of benzene rings is 1. The van der Waals surface area contributed by atoms with Crippen molar-refractivity contribution in [1.82, 2.24) is 19.4 Å². The van der Waals surface area contributed by atoms with Gasteiger partial charge >= 0.3 is 0 Å². The third kappa shape index (κ3) is 4.17. The second-order valence-corrected chi connectivity index (χ2v) is 9.76. The Balaban J connectivity index is 1.65. The number of nitrogens with one attached hydrogen (secondary N) is 1. The Morgan fingerprint density at radius 2 is 2.27 bits per heavy atom. The molecule has 30 heavy (non-hydrogen) atoms. The minimum atomic E-state index is -0.251. The largest absolute Gasteiger partial charge is 0.497 e. The summed E-state index contributed by atoms with van der Waals surface area (Å²) in [5, 5.41) is 0.412. The lowest BCUT2D eigenvalue weighted by Crippen LogP contribution is -2.43. The van der Waals surface area contributed by atoms with Gasteiger partial charge < -0.3 is 14.6 Å². The zero-order valence-corrected chi connectivity index (χ0v) is 19.2. The van der Waals surface area contributed by atoms with E-state index >= 15 is 0 Å². The number of aromatic nitrogens is 3. The summed E-state index contributed by atoms with van der Waals surface area (Å²) in [4.78, 5) is 34.6. The number of hydrogen-bond acceptors (Lipinski definition) is 7. The van der Waals surface area contributed by atoms with Crippen LogP contribution >= 0.6 is 35.3 Å². The Morgan fingerprint density at radius 1 is 1.43 bits per heavy atom. The number of carbonyl (C=O) groups is 1. The highest BCUT2D eigenvalue weighted by Gasteiger charge is 2.23. The van der Waals surface area contributed by atoms with Crippen LogP contribution in [0.5, 0.6) is 5.75 Å². The number of thiazole rings is 1. The fourth-order valence-electron chi connectivity index (χ4n) is 3.62. The quantitative estimate of drug-likeness (QED) is 0.351. The molecule has 2 aromatic heterocycles. The highest BCUT2D eigenvalue weighted by Crippen LogP contribution is 2.27. The fourth-order valence-corrected chi connectivity index (χ4v) is 5.63. The Morgan fingerprint density at radius 3 is 3.03 bits per heavy atom. The molecule has 1 aliphatic heterocycles. The van der Waals surface area contributed by atoms with Crippen LogP contribution in [0, 0.1) is 3.95 Å². The lowest BCUT2D eigenvalue weighted by molar-refractivity contribution is -0.131. The van der Waals surface area contributed by atoms with Crippen molar-refractivity contribution in [1.29, 1.82) is 0 Å². The molecule has 3 aromatic rings. The molecule has 0 bridgehead atoms. The first-order valence-electron chi connectivity index (χ1n) is 9.70. The molecule has 1 amide bonds. The van der Waals surface area contributed by atoms with Crippen molar-refractivity contribution in [3.8, 4) is 11.4 Å². The number of H-pyrrole nitrogens is 1. The molecule has 0 saturated carbocycles. The Labute approximate surface area is 187 Å². The second-order valence-electron chi connectivity index (χ2n) is 7.15. The van der Waals surface area contributed by atoms with Gasteiger partial charge in [0.25, 0.3) is 5.56 Å². The Bertz CT molecular complexity index is 1200. The summed E-state index contributed by atoms with van der Waals surface area (Å²) in [6, 6.07) is 7.70. The van der Waals surface area contributed by atoms with Crippen molar-refractivity contribution in [2.45, 2.75) is 37.4 Å². The van der Waals surface area contributed by atoms with Crippen LogP contribution in [0.4, 0.5) is 0 Å². The fraction of sp³-hybridized carbons (Fsp3) is 0.400. The molecule has 1 atom stereocenters. The lowest BCUT2D eigenvalue weighted by atomic mass is 10.0. The molecule has 0 aliphatic carbocycles. The van der Waals surface area contributed by atoms with Gasteiger partial charge in [0.1, 0.15) is 10.4 Å². The minimum absolute atomic E-state index is 0.0740. The van der Waals surface area contributed by atoms with Gasteiger partial charge in [0.15, 0.2) is 14.8 Å². The number of hydrogen-bond donors (Lipinski definition) is 1. The average Bonchev–Trinajstić information content (AvgIpc) is 3.09. The summed E-state index contributed by atoms with van der Waals surface area (Å²) in [6.45, 7) is 2.88. The number of amides is 1. The van der Waals surface area contributed by atoms with Crippen LogP contribution in [0.2, 0.25) is 0 Å². The standard InChI is InChI=1S/C20H22N4O3S3/c1-12-6-3-4-9-23(12)15(25)11-29-19-21-17-16(18(26)22-19)30-20(28)24(17)13-7-5-8-14(10-13)27-2/h5,7-8,10,12H,3-4,6,9,11H2,1-2H3,(H,21,22,26)/t12-/m0/s1. The van der Waals surface area contributed by atoms with Crippen LogP contribution in [-0.4, -0.2) is 50.8 Å². The average molecular weight is 463 g/mol. The maximum atomic E-state index is 12.6. The number of thioether (sulfide) groups is 1. The first-order chi connectivity index (χ1) is 14.5. The predicted octanol–water partition coefficient (Wildman–Crippen LogP) is 4.01. The van der Waals surface area contributed by atoms with E-state index in [2.05, 4.69) is 16.9 Å². The molecule has 10 heteroatoms. The summed E-state index contributed by atoms with van der Waals surface area (Å²) in [5.41, 5.74) is 1.01. The summed E-state index contributed by atoms with van der Waals surface area (Å²) in [6.07, 6.45) is 3.24. The molecule has 3 heterocycles. The maximum Gasteiger partial charge on any atom is 0.271 e. The van der Waals surface area contributed by atoms with Gasteiger partial charge in [-0.2, -0.15) is 0 Å². The van der Waals surface area contributed by atoms with E-state index in [0.717, 1.165) is 31.5 Å². The van der Waals surface area contributed by atoms with Crippen molar-refractivity contribution in [2.24, 2.45) is 0 Å². The number of fused-ring (bicyclic) bond motifs is 1. The van der Waals surface area contributed by atoms with Gasteiger partial charge in [-0.25, -0.2) is 4.98 Å². The molecule has 0 spiro atoms. The highest BCUT2D eigenvalue weighted by molar-refractivity contribution is 7.99. The highest BCUT2D eigenvalue weighted by atomic mass is 32.2. The van der Waals surface area contributed by atoms with Gasteiger partial charge in [0, 0.05) is 18.7 Å². The van der Waals surface area contributed by atoms with Crippen molar-refractivity contribution < 1.29 is 9.53 Å². The van der Waals surface area contributed by atoms with Crippen LogP contribution in [-0.2, 0) is 4.79 Å². The molecule has 0 radical (unpaired) electrons. The maximum absolute atomic E-state index is 12.6. The number of aromatic amines is 1. The van der Waals surface area contributed by atoms with Crippen LogP contribution in [0.3, 0.4) is 0 Å². The monoisotopic (exact) mass is 462 g/mol. The minimum Gasteiger partial charge on any atom is -0.497 e. The lowest BCUT2D eigenvalue weighted by Gasteiger charge is -2.33. The van der Waals surface area contributed by atoms with Crippen molar-refractivity contribution in [3.63, 3.8) is 0 Å². The molecule has 1 aromatic carbocycles. The molecule has 0 unspecified atom stereocenters. The van der Waals surface area contributed by atoms with E-state index in [-0.39, 0.29) is 23.3 Å². The van der Waals surface area contributed by atoms with Crippen molar-refractivity contribution in [3.05, 3.63) is 38.6 Å². The van der Waals surface area contributed by atoms with Crippen LogP contribution < -0.4 is 10.3 Å². The van der Waals surface area contributed by atoms with Crippen LogP contribution in [0.1, 0.15) is 26.2 Å². The number of methoxy groups -OCH3 is 1. The van der Waals surface area contributed by atoms with Crippen molar-refractivity contribution >= 4 is 51.6 Å².